The molecule has 2 aliphatic carbocycles. The summed E-state index contributed by atoms with van der Waals surface area (Å²) in [4.78, 5) is 14.7. The largest absolute Gasteiger partial charge is 0.333 e. The van der Waals surface area contributed by atoms with Gasteiger partial charge in [-0.15, -0.1) is 0 Å². The average molecular weight is 430 g/mol. The number of anilines is 1. The fourth-order valence-corrected chi connectivity index (χ4v) is 6.74. The number of amides is 2. The van der Waals surface area contributed by atoms with Crippen molar-refractivity contribution in [2.75, 3.05) is 32.0 Å². The monoisotopic (exact) mass is 429 g/mol. The number of hydrogen-bond donors (Lipinski definition) is 2. The third-order valence-electron chi connectivity index (χ3n) is 6.62. The van der Waals surface area contributed by atoms with Gasteiger partial charge in [0.1, 0.15) is 0 Å². The van der Waals surface area contributed by atoms with Crippen molar-refractivity contribution in [3.63, 3.8) is 0 Å². The van der Waals surface area contributed by atoms with Crippen molar-refractivity contribution in [2.45, 2.75) is 44.6 Å². The molecule has 2 amide bonds. The third-order valence-corrected chi connectivity index (χ3v) is 8.10. The van der Waals surface area contributed by atoms with Gasteiger partial charge in [-0.05, 0) is 67.8 Å². The van der Waals surface area contributed by atoms with Gasteiger partial charge in [0.25, 0.3) is 0 Å². The number of nitrogens with zero attached hydrogens (tertiary/aromatic N) is 2. The van der Waals surface area contributed by atoms with E-state index in [1.54, 1.807) is 0 Å². The Balaban J connectivity index is 0.00000192. The minimum Gasteiger partial charge on any atom is -0.307 e. The predicted molar refractivity (Wildman–Crippen MR) is 109 cm³/mol. The second-order valence-electron chi connectivity index (χ2n) is 8.41. The van der Waals surface area contributed by atoms with Crippen LogP contribution in [0, 0.1) is 5.92 Å². The Morgan fingerprint density at radius 1 is 1.04 bits per heavy atom. The molecule has 147 valence electrons. The maximum Gasteiger partial charge on any atom is 0.333 e. The van der Waals surface area contributed by atoms with Crippen molar-refractivity contribution >= 4 is 73.3 Å². The zero-order valence-electron chi connectivity index (χ0n) is 16.6. The Labute approximate surface area is 209 Å². The number of nitrogens with one attached hydrogen (secondary N) is 2. The van der Waals surface area contributed by atoms with Gasteiger partial charge in [0.15, 0.2) is 0 Å². The SMILES string of the molecule is CN1CC2CN(S(=O)(=O)NC(=O)Nc3c4c(cc5c3CCC5)CCC4)C2C1.[K]. The Kier molecular flexibility index (Phi) is 6.01. The van der Waals surface area contributed by atoms with E-state index >= 15 is 0 Å². The van der Waals surface area contributed by atoms with Crippen LogP contribution in [0.15, 0.2) is 6.07 Å². The summed E-state index contributed by atoms with van der Waals surface area (Å²) in [6, 6.07) is 1.64. The molecule has 2 N–H and O–H groups in total. The molecule has 0 saturated carbocycles. The molecular weight excluding hydrogens is 403 g/mol. The summed E-state index contributed by atoms with van der Waals surface area (Å²) in [6.45, 7) is 2.14. The fourth-order valence-electron chi connectivity index (χ4n) is 5.36. The number of carbonyl (C=O) groups is 1. The quantitative estimate of drug-likeness (QED) is 0.700. The molecule has 9 heteroatoms. The molecular formula is C19H26KN4O3S. The molecule has 0 bridgehead atoms. The standard InChI is InChI=1S/C19H26N4O3S.K/c1-22-9-14-10-23(17(14)11-22)27(25,26)21-19(24)20-18-15-6-2-4-12(15)8-13-5-3-7-16(13)18;/h8,14,17H,2-7,9-11H2,1H3,(H2,20,21,24);. The Morgan fingerprint density at radius 2 is 1.68 bits per heavy atom. The van der Waals surface area contributed by atoms with Gasteiger partial charge in [0.2, 0.25) is 0 Å². The summed E-state index contributed by atoms with van der Waals surface area (Å²) in [6.07, 6.45) is 6.18. The molecule has 4 aliphatic rings. The van der Waals surface area contributed by atoms with Crippen molar-refractivity contribution in [3.8, 4) is 0 Å². The van der Waals surface area contributed by atoms with Gasteiger partial charge in [0.05, 0.1) is 0 Å². The first-order chi connectivity index (χ1) is 12.9. The number of likely N-dealkylation sites (tertiary alicyclic amines) is 1. The van der Waals surface area contributed by atoms with Gasteiger partial charge in [-0.2, -0.15) is 12.7 Å². The van der Waals surface area contributed by atoms with Crippen LogP contribution in [-0.2, 0) is 35.9 Å². The van der Waals surface area contributed by atoms with Gasteiger partial charge in [-0.25, -0.2) is 9.52 Å². The molecule has 7 nitrogen and oxygen atoms in total. The Bertz CT molecular complexity index is 888. The van der Waals surface area contributed by atoms with Crippen LogP contribution in [0.2, 0.25) is 0 Å². The molecule has 1 aromatic carbocycles. The number of hydrogen-bond acceptors (Lipinski definition) is 4. The number of urea groups is 1. The van der Waals surface area contributed by atoms with Crippen molar-refractivity contribution in [2.24, 2.45) is 5.92 Å². The van der Waals surface area contributed by atoms with Crippen molar-refractivity contribution in [3.05, 3.63) is 28.3 Å². The molecule has 2 heterocycles. The van der Waals surface area contributed by atoms with E-state index in [9.17, 15) is 13.2 Å². The third kappa shape index (κ3) is 3.62. The van der Waals surface area contributed by atoms with Crippen LogP contribution in [-0.4, -0.2) is 108 Å². The number of likely N-dealkylation sites (N-methyl/N-ethyl adjacent to an activating group) is 1. The minimum absolute atomic E-state index is 0. The number of benzene rings is 1. The van der Waals surface area contributed by atoms with Gasteiger partial charge in [-0.3, -0.25) is 0 Å². The van der Waals surface area contributed by atoms with Crippen LogP contribution >= 0.6 is 0 Å². The van der Waals surface area contributed by atoms with E-state index < -0.39 is 16.2 Å². The first kappa shape index (κ1) is 21.2. The van der Waals surface area contributed by atoms with E-state index in [4.69, 9.17) is 0 Å². The summed E-state index contributed by atoms with van der Waals surface area (Å²) < 4.78 is 29.0. The van der Waals surface area contributed by atoms with E-state index in [-0.39, 0.29) is 57.4 Å². The van der Waals surface area contributed by atoms with Crippen LogP contribution in [0.1, 0.15) is 35.1 Å². The molecule has 2 fully saturated rings. The smallest absolute Gasteiger partial charge is 0.307 e. The summed E-state index contributed by atoms with van der Waals surface area (Å²) in [5.74, 6) is 0.385. The van der Waals surface area contributed by atoms with E-state index in [0.29, 0.717) is 12.5 Å². The topological polar surface area (TPSA) is 81.8 Å². The number of aryl methyl sites for hydroxylation is 2. The van der Waals surface area contributed by atoms with Crippen LogP contribution < -0.4 is 10.0 Å². The second kappa shape index (κ2) is 7.92. The van der Waals surface area contributed by atoms with E-state index in [1.165, 1.54) is 26.6 Å². The first-order valence-corrected chi connectivity index (χ1v) is 11.3. The summed E-state index contributed by atoms with van der Waals surface area (Å²) in [5, 5.41) is 2.90. The number of fused-ring (bicyclic) bond motifs is 3. The van der Waals surface area contributed by atoms with Gasteiger partial charge in [-0.1, -0.05) is 6.07 Å². The first-order valence-electron chi connectivity index (χ1n) is 9.88. The molecule has 1 aromatic rings. The van der Waals surface area contributed by atoms with E-state index in [1.807, 2.05) is 7.05 Å². The summed E-state index contributed by atoms with van der Waals surface area (Å²) in [5.41, 5.74) is 5.89. The molecule has 0 spiro atoms. The van der Waals surface area contributed by atoms with Crippen molar-refractivity contribution in [1.82, 2.24) is 13.9 Å². The molecule has 2 unspecified atom stereocenters. The molecule has 2 saturated heterocycles. The van der Waals surface area contributed by atoms with Gasteiger partial charge >= 0.3 is 16.2 Å². The van der Waals surface area contributed by atoms with Crippen LogP contribution in [0.4, 0.5) is 10.5 Å². The maximum absolute atomic E-state index is 12.7. The minimum atomic E-state index is -3.80. The summed E-state index contributed by atoms with van der Waals surface area (Å²) in [7, 11) is -1.80. The number of rotatable bonds is 3. The van der Waals surface area contributed by atoms with E-state index in [0.717, 1.165) is 57.3 Å². The van der Waals surface area contributed by atoms with Crippen LogP contribution in [0.25, 0.3) is 0 Å². The van der Waals surface area contributed by atoms with Gasteiger partial charge < -0.3 is 10.2 Å². The predicted octanol–water partition coefficient (Wildman–Crippen LogP) is 0.895. The molecule has 5 rings (SSSR count). The van der Waals surface area contributed by atoms with Gasteiger partial charge in [0, 0.05) is 88.7 Å². The normalized spacial score (nSPS) is 26.0. The average Bonchev–Trinajstić information content (AvgIpc) is 3.28. The number of carbonyl (C=O) groups excluding carboxylic acids is 1. The Morgan fingerprint density at radius 3 is 2.29 bits per heavy atom. The van der Waals surface area contributed by atoms with E-state index in [2.05, 4.69) is 21.0 Å². The molecule has 0 aromatic heterocycles. The molecule has 2 aliphatic heterocycles. The molecule has 2 atom stereocenters. The fraction of sp³-hybridized carbons (Fsp3) is 0.632. The van der Waals surface area contributed by atoms with Crippen LogP contribution in [0.5, 0.6) is 0 Å². The molecule has 1 radical (unpaired) electrons. The second-order valence-corrected chi connectivity index (χ2v) is 10.0. The van der Waals surface area contributed by atoms with Crippen LogP contribution in [0.3, 0.4) is 0 Å². The molecule has 28 heavy (non-hydrogen) atoms. The van der Waals surface area contributed by atoms with Crippen molar-refractivity contribution in [1.29, 1.82) is 0 Å². The van der Waals surface area contributed by atoms with Crippen molar-refractivity contribution < 1.29 is 13.2 Å². The summed E-state index contributed by atoms with van der Waals surface area (Å²) >= 11 is 0. The zero-order chi connectivity index (χ0) is 18.8. The Hall–Kier alpha value is -0.00364. The maximum atomic E-state index is 12.7. The zero-order valence-corrected chi connectivity index (χ0v) is 20.6.